The third-order valence-electron chi connectivity index (χ3n) is 9.96. The zero-order valence-corrected chi connectivity index (χ0v) is 26.0. The van der Waals surface area contributed by atoms with Crippen LogP contribution in [0.25, 0.3) is 54.6 Å². The quantitative estimate of drug-likeness (QED) is 0.185. The van der Waals surface area contributed by atoms with Crippen LogP contribution in [0.4, 0.5) is 17.1 Å². The molecule has 1 nitrogen and oxygen atoms in total. The minimum atomic E-state index is -0.158. The van der Waals surface area contributed by atoms with Crippen LogP contribution in [-0.4, -0.2) is 0 Å². The summed E-state index contributed by atoms with van der Waals surface area (Å²) in [6, 6.07) is 59.8. The van der Waals surface area contributed by atoms with Crippen LogP contribution in [0.5, 0.6) is 0 Å². The number of fused-ring (bicyclic) bond motifs is 10. The largest absolute Gasteiger partial charge is 0.310 e. The molecule has 0 fully saturated rings. The van der Waals surface area contributed by atoms with Gasteiger partial charge in [-0.05, 0) is 90.5 Å². The predicted octanol–water partition coefficient (Wildman–Crippen LogP) is 12.6. The molecule has 218 valence electrons. The molecular weight excluding hydrogens is 555 g/mol. The maximum atomic E-state index is 2.42. The Bertz CT molecular complexity index is 2440. The van der Waals surface area contributed by atoms with Gasteiger partial charge in [0.1, 0.15) is 0 Å². The first-order chi connectivity index (χ1) is 22.6. The molecule has 0 aromatic heterocycles. The Kier molecular flexibility index (Phi) is 5.92. The van der Waals surface area contributed by atoms with E-state index >= 15 is 0 Å². The number of rotatable bonds is 4. The van der Waals surface area contributed by atoms with Crippen molar-refractivity contribution in [3.05, 3.63) is 175 Å². The topological polar surface area (TPSA) is 3.24 Å². The van der Waals surface area contributed by atoms with E-state index in [1.165, 1.54) is 65.7 Å². The highest BCUT2D eigenvalue weighted by molar-refractivity contribution is 6.19. The number of anilines is 3. The van der Waals surface area contributed by atoms with Crippen molar-refractivity contribution in [3.8, 4) is 22.3 Å². The summed E-state index contributed by atoms with van der Waals surface area (Å²) in [5.74, 6) is 0. The molecule has 1 heteroatoms. The average Bonchev–Trinajstić information content (AvgIpc) is 3.36. The summed E-state index contributed by atoms with van der Waals surface area (Å²) in [7, 11) is 0. The van der Waals surface area contributed by atoms with Gasteiger partial charge in [0.05, 0.1) is 5.69 Å². The molecule has 0 amide bonds. The molecule has 0 aliphatic heterocycles. The molecule has 0 saturated heterocycles. The van der Waals surface area contributed by atoms with E-state index in [2.05, 4.69) is 183 Å². The van der Waals surface area contributed by atoms with Crippen LogP contribution in [0.2, 0.25) is 0 Å². The fraction of sp³-hybridized carbons (Fsp3) is 0.0667. The molecule has 0 radical (unpaired) electrons. The van der Waals surface area contributed by atoms with E-state index in [0.29, 0.717) is 0 Å². The first-order valence-electron chi connectivity index (χ1n) is 16.1. The molecule has 0 spiro atoms. The Morgan fingerprint density at radius 2 is 1.02 bits per heavy atom. The number of para-hydroxylation sites is 2. The predicted molar refractivity (Wildman–Crippen MR) is 197 cm³/mol. The molecule has 0 saturated carbocycles. The van der Waals surface area contributed by atoms with Crippen molar-refractivity contribution in [1.29, 1.82) is 0 Å². The molecule has 0 atom stereocenters. The van der Waals surface area contributed by atoms with Crippen LogP contribution in [-0.2, 0) is 5.41 Å². The van der Waals surface area contributed by atoms with Gasteiger partial charge in [0.25, 0.3) is 0 Å². The smallest absolute Gasteiger partial charge is 0.0540 e. The zero-order valence-electron chi connectivity index (χ0n) is 26.0. The maximum absolute atomic E-state index is 2.42. The van der Waals surface area contributed by atoms with Gasteiger partial charge in [0.15, 0.2) is 0 Å². The monoisotopic (exact) mass is 587 g/mol. The molecule has 8 aromatic rings. The van der Waals surface area contributed by atoms with Crippen LogP contribution in [0.15, 0.2) is 164 Å². The molecule has 46 heavy (non-hydrogen) atoms. The van der Waals surface area contributed by atoms with Gasteiger partial charge in [-0.25, -0.2) is 0 Å². The summed E-state index contributed by atoms with van der Waals surface area (Å²) >= 11 is 0. The SMILES string of the molecule is CC1(C)c2c(ccc3cc(N(c4ccccc4)c4ccccc4-c4ccccc4)ccc23)-c2c1c1ccccc1c1ccccc21. The number of nitrogens with zero attached hydrogens (tertiary/aromatic N) is 1. The summed E-state index contributed by atoms with van der Waals surface area (Å²) in [5.41, 5.74) is 11.3. The first kappa shape index (κ1) is 26.7. The van der Waals surface area contributed by atoms with Gasteiger partial charge in [-0.15, -0.1) is 0 Å². The van der Waals surface area contributed by atoms with Gasteiger partial charge in [-0.3, -0.25) is 0 Å². The van der Waals surface area contributed by atoms with Gasteiger partial charge < -0.3 is 4.90 Å². The molecule has 0 heterocycles. The molecule has 8 aromatic carbocycles. The van der Waals surface area contributed by atoms with E-state index in [-0.39, 0.29) is 5.41 Å². The first-order valence-corrected chi connectivity index (χ1v) is 16.1. The standard InChI is InChI=1S/C45H33N/c1-45(2)43-35-28-26-33(46(32-17-7-4-8-18-32)41-24-14-13-19-34(41)30-15-5-3-6-16-30)29-31(35)25-27-40(43)42-38-22-11-9-20-36(38)37-21-10-12-23-39(37)44(42)45/h3-29H,1-2H3. The van der Waals surface area contributed by atoms with Crippen molar-refractivity contribution in [2.45, 2.75) is 19.3 Å². The molecule has 9 rings (SSSR count). The summed E-state index contributed by atoms with van der Waals surface area (Å²) in [6.45, 7) is 4.83. The third kappa shape index (κ3) is 3.88. The van der Waals surface area contributed by atoms with E-state index in [1.807, 2.05) is 0 Å². The Hall–Kier alpha value is -5.66. The lowest BCUT2D eigenvalue weighted by Gasteiger charge is -2.29. The Labute approximate surface area is 270 Å². The lowest BCUT2D eigenvalue weighted by molar-refractivity contribution is 0.672. The van der Waals surface area contributed by atoms with Crippen LogP contribution in [0.3, 0.4) is 0 Å². The van der Waals surface area contributed by atoms with E-state index < -0.39 is 0 Å². The molecule has 0 N–H and O–H groups in total. The van der Waals surface area contributed by atoms with Crippen molar-refractivity contribution in [2.75, 3.05) is 4.90 Å². The summed E-state index contributed by atoms with van der Waals surface area (Å²) < 4.78 is 0. The normalized spacial score (nSPS) is 13.2. The van der Waals surface area contributed by atoms with E-state index in [9.17, 15) is 0 Å². The second-order valence-corrected chi connectivity index (χ2v) is 12.9. The Morgan fingerprint density at radius 3 is 1.78 bits per heavy atom. The van der Waals surface area contributed by atoms with Crippen LogP contribution >= 0.6 is 0 Å². The van der Waals surface area contributed by atoms with Crippen molar-refractivity contribution >= 4 is 49.4 Å². The Morgan fingerprint density at radius 1 is 0.413 bits per heavy atom. The van der Waals surface area contributed by atoms with Crippen molar-refractivity contribution < 1.29 is 0 Å². The van der Waals surface area contributed by atoms with Gasteiger partial charge in [-0.1, -0.05) is 147 Å². The summed E-state index contributed by atoms with van der Waals surface area (Å²) in [6.07, 6.45) is 0. The van der Waals surface area contributed by atoms with Gasteiger partial charge in [0, 0.05) is 22.4 Å². The fourth-order valence-electron chi connectivity index (χ4n) is 8.07. The maximum Gasteiger partial charge on any atom is 0.0540 e. The molecule has 0 unspecified atom stereocenters. The van der Waals surface area contributed by atoms with E-state index in [0.717, 1.165) is 17.1 Å². The van der Waals surface area contributed by atoms with Gasteiger partial charge in [-0.2, -0.15) is 0 Å². The number of hydrogen-bond acceptors (Lipinski definition) is 1. The second kappa shape index (κ2) is 10.2. The van der Waals surface area contributed by atoms with Crippen LogP contribution < -0.4 is 4.90 Å². The van der Waals surface area contributed by atoms with Gasteiger partial charge >= 0.3 is 0 Å². The molecule has 0 bridgehead atoms. The second-order valence-electron chi connectivity index (χ2n) is 12.9. The number of hydrogen-bond donors (Lipinski definition) is 0. The minimum Gasteiger partial charge on any atom is -0.310 e. The minimum absolute atomic E-state index is 0.158. The van der Waals surface area contributed by atoms with Gasteiger partial charge in [0.2, 0.25) is 0 Å². The highest BCUT2D eigenvalue weighted by atomic mass is 15.1. The zero-order chi connectivity index (χ0) is 30.8. The van der Waals surface area contributed by atoms with E-state index in [4.69, 9.17) is 0 Å². The average molecular weight is 588 g/mol. The third-order valence-corrected chi connectivity index (χ3v) is 9.96. The highest BCUT2D eigenvalue weighted by Gasteiger charge is 2.39. The van der Waals surface area contributed by atoms with Crippen LogP contribution in [0.1, 0.15) is 25.0 Å². The number of benzene rings is 8. The van der Waals surface area contributed by atoms with E-state index in [1.54, 1.807) is 0 Å². The Balaban J connectivity index is 1.28. The summed E-state index contributed by atoms with van der Waals surface area (Å²) in [5, 5.41) is 7.93. The van der Waals surface area contributed by atoms with Crippen molar-refractivity contribution in [2.24, 2.45) is 0 Å². The lowest BCUT2D eigenvalue weighted by Crippen LogP contribution is -2.16. The fourth-order valence-corrected chi connectivity index (χ4v) is 8.07. The molecule has 1 aliphatic carbocycles. The lowest BCUT2D eigenvalue weighted by atomic mass is 9.78. The van der Waals surface area contributed by atoms with Crippen molar-refractivity contribution in [3.63, 3.8) is 0 Å². The molecule has 1 aliphatic rings. The summed E-state index contributed by atoms with van der Waals surface area (Å²) in [4.78, 5) is 2.40. The highest BCUT2D eigenvalue weighted by Crippen LogP contribution is 2.56. The van der Waals surface area contributed by atoms with Crippen molar-refractivity contribution in [1.82, 2.24) is 0 Å². The molecular formula is C45H33N. The van der Waals surface area contributed by atoms with Crippen LogP contribution in [0, 0.1) is 0 Å².